The lowest BCUT2D eigenvalue weighted by Gasteiger charge is -2.12. The number of nitrogens with zero attached hydrogens (tertiary/aromatic N) is 3. The summed E-state index contributed by atoms with van der Waals surface area (Å²) in [6.45, 7) is 0. The van der Waals surface area contributed by atoms with E-state index in [0.717, 1.165) is 27.5 Å². The minimum absolute atomic E-state index is 0.666. The van der Waals surface area contributed by atoms with Gasteiger partial charge in [0.2, 0.25) is 0 Å². The number of rotatable bonds is 4. The molecule has 2 heterocycles. The van der Waals surface area contributed by atoms with Crippen LogP contribution in [0.2, 0.25) is 0 Å². The van der Waals surface area contributed by atoms with Crippen molar-refractivity contribution in [2.45, 2.75) is 0 Å². The monoisotopic (exact) mass is 541 g/mol. The Morgan fingerprint density at radius 3 is 1.76 bits per heavy atom. The molecule has 0 aliphatic rings. The smallest absolute Gasteiger partial charge is 0.164 e. The summed E-state index contributed by atoms with van der Waals surface area (Å²) in [5, 5.41) is 4.90. The second kappa shape index (κ2) is 9.77. The first-order chi connectivity index (χ1) is 20.3. The SMILES string of the molecule is c1ccc(-c2nc(-c3ccccc3)nc(-c3cccc4cc(-c5cccc6sc7ccccc7c56)ccc34)n2)cc1. The Hall–Kier alpha value is -5.19. The summed E-state index contributed by atoms with van der Waals surface area (Å²) in [5.41, 5.74) is 5.38. The summed E-state index contributed by atoms with van der Waals surface area (Å²) in [6, 6.07) is 48.6. The summed E-state index contributed by atoms with van der Waals surface area (Å²) >= 11 is 1.85. The van der Waals surface area contributed by atoms with E-state index in [4.69, 9.17) is 15.0 Å². The third-order valence-corrected chi connectivity index (χ3v) is 8.67. The van der Waals surface area contributed by atoms with Crippen molar-refractivity contribution in [3.8, 4) is 45.3 Å². The molecule has 0 radical (unpaired) electrons. The molecule has 0 aliphatic carbocycles. The third kappa shape index (κ3) is 4.17. The van der Waals surface area contributed by atoms with Gasteiger partial charge in [-0.15, -0.1) is 11.3 Å². The van der Waals surface area contributed by atoms with Gasteiger partial charge in [0, 0.05) is 36.9 Å². The molecule has 0 amide bonds. The Morgan fingerprint density at radius 2 is 1.00 bits per heavy atom. The van der Waals surface area contributed by atoms with Gasteiger partial charge in [0.25, 0.3) is 0 Å². The van der Waals surface area contributed by atoms with Gasteiger partial charge in [0.15, 0.2) is 17.5 Å². The van der Waals surface area contributed by atoms with Crippen molar-refractivity contribution in [2.24, 2.45) is 0 Å². The van der Waals surface area contributed by atoms with Crippen molar-refractivity contribution in [1.82, 2.24) is 15.0 Å². The highest BCUT2D eigenvalue weighted by molar-refractivity contribution is 7.25. The van der Waals surface area contributed by atoms with Crippen LogP contribution in [0.15, 0.2) is 140 Å². The molecular formula is C37H23N3S. The van der Waals surface area contributed by atoms with Crippen molar-refractivity contribution in [3.05, 3.63) is 140 Å². The molecule has 0 spiro atoms. The second-order valence-electron chi connectivity index (χ2n) is 10.1. The molecule has 0 unspecified atom stereocenters. The Kier molecular flexibility index (Phi) is 5.64. The summed E-state index contributed by atoms with van der Waals surface area (Å²) in [4.78, 5) is 14.8. The van der Waals surface area contributed by atoms with Crippen LogP contribution in [0.1, 0.15) is 0 Å². The highest BCUT2D eigenvalue weighted by Gasteiger charge is 2.15. The van der Waals surface area contributed by atoms with E-state index >= 15 is 0 Å². The molecular weight excluding hydrogens is 518 g/mol. The van der Waals surface area contributed by atoms with E-state index in [-0.39, 0.29) is 0 Å². The first-order valence-electron chi connectivity index (χ1n) is 13.6. The second-order valence-corrected chi connectivity index (χ2v) is 11.1. The van der Waals surface area contributed by atoms with Crippen LogP contribution < -0.4 is 0 Å². The third-order valence-electron chi connectivity index (χ3n) is 7.53. The van der Waals surface area contributed by atoms with E-state index in [1.807, 2.05) is 72.0 Å². The van der Waals surface area contributed by atoms with Crippen LogP contribution in [0.3, 0.4) is 0 Å². The van der Waals surface area contributed by atoms with Gasteiger partial charge in [0.1, 0.15) is 0 Å². The van der Waals surface area contributed by atoms with Gasteiger partial charge in [0.05, 0.1) is 0 Å². The largest absolute Gasteiger partial charge is 0.208 e. The predicted octanol–water partition coefficient (Wildman–Crippen LogP) is 10.1. The molecule has 4 heteroatoms. The molecule has 2 aromatic heterocycles. The fraction of sp³-hybridized carbons (Fsp3) is 0. The van der Waals surface area contributed by atoms with E-state index in [0.29, 0.717) is 17.5 Å². The quantitative estimate of drug-likeness (QED) is 0.222. The molecule has 3 nitrogen and oxygen atoms in total. The maximum Gasteiger partial charge on any atom is 0.164 e. The first-order valence-corrected chi connectivity index (χ1v) is 14.4. The summed E-state index contributed by atoms with van der Waals surface area (Å²) in [7, 11) is 0. The van der Waals surface area contributed by atoms with E-state index < -0.39 is 0 Å². The molecule has 192 valence electrons. The molecule has 0 saturated carbocycles. The number of hydrogen-bond donors (Lipinski definition) is 0. The highest BCUT2D eigenvalue weighted by Crippen LogP contribution is 2.41. The number of fused-ring (bicyclic) bond motifs is 4. The number of thiophene rings is 1. The van der Waals surface area contributed by atoms with Crippen LogP contribution in [0, 0.1) is 0 Å². The normalized spacial score (nSPS) is 11.4. The van der Waals surface area contributed by atoms with Crippen LogP contribution >= 0.6 is 11.3 Å². The number of benzene rings is 6. The lowest BCUT2D eigenvalue weighted by atomic mass is 9.95. The lowest BCUT2D eigenvalue weighted by Crippen LogP contribution is -2.00. The van der Waals surface area contributed by atoms with E-state index in [1.165, 1.54) is 31.3 Å². The van der Waals surface area contributed by atoms with Gasteiger partial charge in [-0.1, -0.05) is 121 Å². The molecule has 0 N–H and O–H groups in total. The maximum absolute atomic E-state index is 4.98. The van der Waals surface area contributed by atoms with Crippen LogP contribution in [-0.2, 0) is 0 Å². The minimum atomic E-state index is 0.666. The van der Waals surface area contributed by atoms with E-state index in [1.54, 1.807) is 0 Å². The molecule has 8 rings (SSSR count). The van der Waals surface area contributed by atoms with E-state index in [2.05, 4.69) is 78.9 Å². The zero-order valence-corrected chi connectivity index (χ0v) is 22.8. The van der Waals surface area contributed by atoms with Crippen molar-refractivity contribution >= 4 is 42.3 Å². The van der Waals surface area contributed by atoms with Crippen molar-refractivity contribution in [2.75, 3.05) is 0 Å². The standard InChI is InChI=1S/C37H23N3S/c1-3-11-24(12-4-1)35-38-36(25-13-5-2-6-14-25)40-37(39-35)30-18-9-15-26-23-27(21-22-28(26)30)29-17-10-20-33-34(29)31-16-7-8-19-32(31)41-33/h1-23H. The Balaban J connectivity index is 1.31. The molecule has 0 aliphatic heterocycles. The summed E-state index contributed by atoms with van der Waals surface area (Å²) in [5.74, 6) is 2.00. The summed E-state index contributed by atoms with van der Waals surface area (Å²) < 4.78 is 2.63. The first kappa shape index (κ1) is 23.7. The zero-order valence-electron chi connectivity index (χ0n) is 22.0. The minimum Gasteiger partial charge on any atom is -0.208 e. The van der Waals surface area contributed by atoms with Gasteiger partial charge >= 0.3 is 0 Å². The Bertz CT molecular complexity index is 2140. The van der Waals surface area contributed by atoms with Crippen LogP contribution in [0.25, 0.3) is 76.2 Å². The average Bonchev–Trinajstić information content (AvgIpc) is 3.44. The molecule has 8 aromatic rings. The van der Waals surface area contributed by atoms with Gasteiger partial charge in [-0.25, -0.2) is 15.0 Å². The van der Waals surface area contributed by atoms with Gasteiger partial charge in [-0.05, 0) is 40.1 Å². The number of aromatic nitrogens is 3. The molecule has 0 bridgehead atoms. The van der Waals surface area contributed by atoms with Crippen LogP contribution in [0.4, 0.5) is 0 Å². The van der Waals surface area contributed by atoms with Gasteiger partial charge in [-0.3, -0.25) is 0 Å². The summed E-state index contributed by atoms with van der Waals surface area (Å²) in [6.07, 6.45) is 0. The van der Waals surface area contributed by atoms with Gasteiger partial charge in [-0.2, -0.15) is 0 Å². The highest BCUT2D eigenvalue weighted by atomic mass is 32.1. The fourth-order valence-electron chi connectivity index (χ4n) is 5.59. The lowest BCUT2D eigenvalue weighted by molar-refractivity contribution is 1.08. The fourth-order valence-corrected chi connectivity index (χ4v) is 6.72. The number of hydrogen-bond acceptors (Lipinski definition) is 4. The van der Waals surface area contributed by atoms with Crippen molar-refractivity contribution < 1.29 is 0 Å². The van der Waals surface area contributed by atoms with Crippen molar-refractivity contribution in [1.29, 1.82) is 0 Å². The topological polar surface area (TPSA) is 38.7 Å². The molecule has 0 saturated heterocycles. The average molecular weight is 542 g/mol. The predicted molar refractivity (Wildman–Crippen MR) is 172 cm³/mol. The molecule has 0 atom stereocenters. The van der Waals surface area contributed by atoms with Gasteiger partial charge < -0.3 is 0 Å². The maximum atomic E-state index is 4.98. The zero-order chi connectivity index (χ0) is 27.2. The van der Waals surface area contributed by atoms with Crippen molar-refractivity contribution in [3.63, 3.8) is 0 Å². The van der Waals surface area contributed by atoms with Crippen LogP contribution in [0.5, 0.6) is 0 Å². The Morgan fingerprint density at radius 1 is 0.390 bits per heavy atom. The van der Waals surface area contributed by atoms with Crippen LogP contribution in [-0.4, -0.2) is 15.0 Å². The Labute approximate surface area is 241 Å². The molecule has 0 fully saturated rings. The van der Waals surface area contributed by atoms with E-state index in [9.17, 15) is 0 Å². The molecule has 6 aromatic carbocycles. The molecule has 41 heavy (non-hydrogen) atoms.